The number of hydrogen-bond donors (Lipinski definition) is 2. The Balaban J connectivity index is 3.83. The molecular formula is C20H42O4S. The van der Waals surface area contributed by atoms with Gasteiger partial charge in [-0.2, -0.15) is 8.42 Å². The van der Waals surface area contributed by atoms with Crippen LogP contribution < -0.4 is 0 Å². The van der Waals surface area contributed by atoms with Gasteiger partial charge in [-0.05, 0) is 32.1 Å². The molecule has 2 N–H and O–H groups in total. The van der Waals surface area contributed by atoms with Crippen LogP contribution in [0.3, 0.4) is 0 Å². The van der Waals surface area contributed by atoms with E-state index in [1.807, 2.05) is 0 Å². The zero-order valence-electron chi connectivity index (χ0n) is 16.6. The molecular weight excluding hydrogens is 336 g/mol. The Hall–Kier alpha value is -0.130. The van der Waals surface area contributed by atoms with Gasteiger partial charge in [0.25, 0.3) is 10.1 Å². The second kappa shape index (κ2) is 16.1. The third-order valence-electron chi connectivity index (χ3n) is 5.01. The maximum atomic E-state index is 11.5. The molecule has 4 nitrogen and oxygen atoms in total. The lowest BCUT2D eigenvalue weighted by atomic mass is 10.0. The zero-order chi connectivity index (χ0) is 19.0. The lowest BCUT2D eigenvalue weighted by Crippen LogP contribution is -2.21. The fraction of sp³-hybridized carbons (Fsp3) is 1.00. The van der Waals surface area contributed by atoms with Crippen LogP contribution in [0.25, 0.3) is 0 Å². The van der Waals surface area contributed by atoms with Crippen molar-refractivity contribution in [2.75, 3.05) is 0 Å². The molecule has 0 aromatic heterocycles. The minimum absolute atomic E-state index is 0.338. The van der Waals surface area contributed by atoms with Gasteiger partial charge in [0.15, 0.2) is 0 Å². The molecule has 2 unspecified atom stereocenters. The summed E-state index contributed by atoms with van der Waals surface area (Å²) in [7, 11) is -3.97. The predicted molar refractivity (Wildman–Crippen MR) is 107 cm³/mol. The lowest BCUT2D eigenvalue weighted by Gasteiger charge is -2.15. The molecule has 0 aliphatic carbocycles. The number of hydrogen-bond acceptors (Lipinski definition) is 3. The van der Waals surface area contributed by atoms with E-state index in [-0.39, 0.29) is 6.10 Å². The van der Waals surface area contributed by atoms with E-state index in [0.717, 1.165) is 38.5 Å². The first-order chi connectivity index (χ1) is 11.9. The molecule has 0 aliphatic rings. The molecule has 0 aromatic rings. The van der Waals surface area contributed by atoms with Gasteiger partial charge in [-0.1, -0.05) is 84.5 Å². The predicted octanol–water partition coefficient (Wildman–Crippen LogP) is 5.89. The SMILES string of the molecule is CCCCCCCCCCCC(CCCC(O)CCCC)S(=O)(=O)O. The van der Waals surface area contributed by atoms with Crippen LogP contribution in [0.2, 0.25) is 0 Å². The van der Waals surface area contributed by atoms with Gasteiger partial charge in [0, 0.05) is 0 Å². The van der Waals surface area contributed by atoms with Crippen molar-refractivity contribution in [2.45, 2.75) is 128 Å². The third-order valence-corrected chi connectivity index (χ3v) is 6.32. The molecule has 0 aliphatic heterocycles. The van der Waals surface area contributed by atoms with E-state index in [4.69, 9.17) is 0 Å². The van der Waals surface area contributed by atoms with Gasteiger partial charge in [-0.15, -0.1) is 0 Å². The first-order valence-corrected chi connectivity index (χ1v) is 12.1. The van der Waals surface area contributed by atoms with E-state index in [2.05, 4.69) is 13.8 Å². The van der Waals surface area contributed by atoms with Crippen LogP contribution in [-0.4, -0.2) is 29.4 Å². The van der Waals surface area contributed by atoms with Crippen LogP contribution in [-0.2, 0) is 10.1 Å². The molecule has 0 radical (unpaired) electrons. The highest BCUT2D eigenvalue weighted by Gasteiger charge is 2.22. The van der Waals surface area contributed by atoms with Crippen molar-refractivity contribution >= 4 is 10.1 Å². The van der Waals surface area contributed by atoms with Crippen molar-refractivity contribution in [1.82, 2.24) is 0 Å². The Kier molecular flexibility index (Phi) is 16.0. The summed E-state index contributed by atoms with van der Waals surface area (Å²) in [5.41, 5.74) is 0. The summed E-state index contributed by atoms with van der Waals surface area (Å²) in [6.07, 6.45) is 15.6. The summed E-state index contributed by atoms with van der Waals surface area (Å²) in [4.78, 5) is 0. The number of rotatable bonds is 18. The molecule has 0 amide bonds. The minimum atomic E-state index is -3.97. The van der Waals surface area contributed by atoms with E-state index in [1.54, 1.807) is 0 Å². The van der Waals surface area contributed by atoms with Crippen LogP contribution in [0.5, 0.6) is 0 Å². The van der Waals surface area contributed by atoms with E-state index in [1.165, 1.54) is 38.5 Å². The van der Waals surface area contributed by atoms with Crippen molar-refractivity contribution in [3.63, 3.8) is 0 Å². The highest BCUT2D eigenvalue weighted by Crippen LogP contribution is 2.19. The van der Waals surface area contributed by atoms with Crippen LogP contribution in [0.1, 0.15) is 117 Å². The van der Waals surface area contributed by atoms with Gasteiger partial charge >= 0.3 is 0 Å². The summed E-state index contributed by atoms with van der Waals surface area (Å²) in [5, 5.41) is 9.18. The maximum Gasteiger partial charge on any atom is 0.267 e. The Labute approximate surface area is 156 Å². The molecule has 0 bridgehead atoms. The average Bonchev–Trinajstić information content (AvgIpc) is 2.55. The van der Waals surface area contributed by atoms with Crippen molar-refractivity contribution in [1.29, 1.82) is 0 Å². The van der Waals surface area contributed by atoms with Gasteiger partial charge in [0.05, 0.1) is 11.4 Å². The molecule has 2 atom stereocenters. The normalized spacial score (nSPS) is 14.6. The van der Waals surface area contributed by atoms with Crippen molar-refractivity contribution < 1.29 is 18.1 Å². The van der Waals surface area contributed by atoms with Crippen LogP contribution in [0.4, 0.5) is 0 Å². The van der Waals surface area contributed by atoms with E-state index < -0.39 is 15.4 Å². The highest BCUT2D eigenvalue weighted by atomic mass is 32.2. The molecule has 0 aromatic carbocycles. The van der Waals surface area contributed by atoms with Crippen molar-refractivity contribution in [3.8, 4) is 0 Å². The monoisotopic (exact) mass is 378 g/mol. The number of aliphatic hydroxyl groups excluding tert-OH is 1. The first kappa shape index (κ1) is 24.9. The largest absolute Gasteiger partial charge is 0.393 e. The number of aliphatic hydroxyl groups is 1. The smallest absolute Gasteiger partial charge is 0.267 e. The molecule has 0 spiro atoms. The molecule has 0 fully saturated rings. The molecule has 0 rings (SSSR count). The van der Waals surface area contributed by atoms with Crippen LogP contribution in [0, 0.1) is 0 Å². The Morgan fingerprint density at radius 1 is 0.640 bits per heavy atom. The van der Waals surface area contributed by atoms with Gasteiger partial charge in [0.1, 0.15) is 0 Å². The standard InChI is InChI=1S/C20H42O4S/c1-3-5-7-8-9-10-11-12-13-17-20(25(22,23)24)18-14-16-19(21)15-6-4-2/h19-21H,3-18H2,1-2H3,(H,22,23,24). The van der Waals surface area contributed by atoms with Crippen molar-refractivity contribution in [2.24, 2.45) is 0 Å². The second-order valence-corrected chi connectivity index (χ2v) is 9.18. The Morgan fingerprint density at radius 2 is 1.08 bits per heavy atom. The molecule has 0 heterocycles. The molecule has 25 heavy (non-hydrogen) atoms. The maximum absolute atomic E-state index is 11.5. The van der Waals surface area contributed by atoms with Crippen LogP contribution >= 0.6 is 0 Å². The summed E-state index contributed by atoms with van der Waals surface area (Å²) in [5.74, 6) is 0. The molecule has 152 valence electrons. The Morgan fingerprint density at radius 3 is 1.60 bits per heavy atom. The summed E-state index contributed by atoms with van der Waals surface area (Å²) in [6.45, 7) is 4.31. The Bertz CT molecular complexity index is 381. The zero-order valence-corrected chi connectivity index (χ0v) is 17.4. The van der Waals surface area contributed by atoms with Gasteiger partial charge in [-0.3, -0.25) is 4.55 Å². The minimum Gasteiger partial charge on any atom is -0.393 e. The quantitative estimate of drug-likeness (QED) is 0.230. The van der Waals surface area contributed by atoms with Gasteiger partial charge in [-0.25, -0.2) is 0 Å². The van der Waals surface area contributed by atoms with E-state index >= 15 is 0 Å². The molecule has 0 saturated carbocycles. The van der Waals surface area contributed by atoms with E-state index in [9.17, 15) is 18.1 Å². The van der Waals surface area contributed by atoms with Crippen molar-refractivity contribution in [3.05, 3.63) is 0 Å². The summed E-state index contributed by atoms with van der Waals surface area (Å²) >= 11 is 0. The van der Waals surface area contributed by atoms with Gasteiger partial charge < -0.3 is 5.11 Å². The fourth-order valence-electron chi connectivity index (χ4n) is 3.29. The van der Waals surface area contributed by atoms with Gasteiger partial charge in [0.2, 0.25) is 0 Å². The van der Waals surface area contributed by atoms with Crippen LogP contribution in [0.15, 0.2) is 0 Å². The lowest BCUT2D eigenvalue weighted by molar-refractivity contribution is 0.148. The molecule has 5 heteroatoms. The number of unbranched alkanes of at least 4 members (excludes halogenated alkanes) is 9. The average molecular weight is 379 g/mol. The fourth-order valence-corrected chi connectivity index (χ4v) is 4.22. The highest BCUT2D eigenvalue weighted by molar-refractivity contribution is 7.86. The topological polar surface area (TPSA) is 74.6 Å². The first-order valence-electron chi connectivity index (χ1n) is 10.6. The summed E-state index contributed by atoms with van der Waals surface area (Å²) < 4.78 is 32.5. The molecule has 0 saturated heterocycles. The van der Waals surface area contributed by atoms with E-state index in [0.29, 0.717) is 25.7 Å². The third kappa shape index (κ3) is 15.8. The second-order valence-electron chi connectivity index (χ2n) is 7.48. The summed E-state index contributed by atoms with van der Waals surface area (Å²) in [6, 6.07) is 0.